The summed E-state index contributed by atoms with van der Waals surface area (Å²) in [6.07, 6.45) is 0. The Labute approximate surface area is 426 Å². The topological polar surface area (TPSA) is 22.2 Å². The summed E-state index contributed by atoms with van der Waals surface area (Å²) in [5, 5.41) is 0. The van der Waals surface area contributed by atoms with Gasteiger partial charge in [0.2, 0.25) is 5.78 Å². The summed E-state index contributed by atoms with van der Waals surface area (Å²) in [7, 11) is 0. The van der Waals surface area contributed by atoms with Crippen molar-refractivity contribution in [3.63, 3.8) is 0 Å². The Morgan fingerprint density at radius 1 is 0.417 bits per heavy atom. The monoisotopic (exact) mass is 943 g/mol. The molecule has 1 aliphatic rings. The maximum atomic E-state index is 5.22. The van der Waals surface area contributed by atoms with E-state index in [4.69, 9.17) is 4.98 Å². The lowest BCUT2D eigenvalue weighted by Crippen LogP contribution is -2.26. The van der Waals surface area contributed by atoms with Crippen molar-refractivity contribution in [2.24, 2.45) is 0 Å². The van der Waals surface area contributed by atoms with Gasteiger partial charge in [-0.3, -0.25) is 8.97 Å². The van der Waals surface area contributed by atoms with Gasteiger partial charge < -0.3 is 0 Å². The number of rotatable bonds is 7. The summed E-state index contributed by atoms with van der Waals surface area (Å²) in [5.41, 5.74) is 23.6. The Hall–Kier alpha value is -8.18. The third-order valence-electron chi connectivity index (χ3n) is 14.9. The van der Waals surface area contributed by atoms with Crippen molar-refractivity contribution in [3.8, 4) is 72.4 Å². The van der Waals surface area contributed by atoms with Gasteiger partial charge in [-0.15, -0.1) is 0 Å². The van der Waals surface area contributed by atoms with E-state index in [9.17, 15) is 0 Å². The average molecular weight is 944 g/mol. The first-order valence-corrected chi connectivity index (χ1v) is 25.9. The normalized spacial score (nSPS) is 13.1. The first-order valence-electron chi connectivity index (χ1n) is 25.0. The molecule has 0 bridgehead atoms. The van der Waals surface area contributed by atoms with Crippen molar-refractivity contribution in [1.29, 1.82) is 0 Å². The second-order valence-electron chi connectivity index (χ2n) is 20.7. The molecule has 10 aromatic carbocycles. The average Bonchev–Trinajstić information content (AvgIpc) is 3.95. The SMILES string of the molecule is CC(C)(C)c1ccc2c(c1-c1cccc(-c3cc(-c4ccccc4)c(-c4ccccc4)c(-c4ccccc4)c3-c3ccccc3)c1)Sc1ccc(-n3c4ccccc4n4c5ccccc5nc34)cc1C2(C)C. The second-order valence-corrected chi connectivity index (χ2v) is 21.8. The molecule has 2 aromatic heterocycles. The first-order chi connectivity index (χ1) is 35.1. The zero-order chi connectivity index (χ0) is 48.7. The molecule has 1 aliphatic heterocycles. The lowest BCUT2D eigenvalue weighted by atomic mass is 9.73. The van der Waals surface area contributed by atoms with Crippen molar-refractivity contribution in [3.05, 3.63) is 247 Å². The van der Waals surface area contributed by atoms with Gasteiger partial charge in [0.1, 0.15) is 0 Å². The van der Waals surface area contributed by atoms with Crippen LogP contribution in [0.3, 0.4) is 0 Å². The Bertz CT molecular complexity index is 4040. The molecule has 0 saturated carbocycles. The van der Waals surface area contributed by atoms with Crippen LogP contribution in [-0.2, 0) is 10.8 Å². The van der Waals surface area contributed by atoms with Gasteiger partial charge in [-0.05, 0) is 143 Å². The summed E-state index contributed by atoms with van der Waals surface area (Å²) in [4.78, 5) is 7.83. The number of imidazole rings is 2. The molecule has 13 rings (SSSR count). The van der Waals surface area contributed by atoms with Gasteiger partial charge in [-0.1, -0.05) is 222 Å². The molecular formula is C68H53N3S. The second kappa shape index (κ2) is 17.0. The van der Waals surface area contributed by atoms with Crippen LogP contribution in [0.25, 0.3) is 100 Å². The van der Waals surface area contributed by atoms with Crippen LogP contribution in [0.4, 0.5) is 0 Å². The summed E-state index contributed by atoms with van der Waals surface area (Å²) in [6, 6.07) is 84.8. The lowest BCUT2D eigenvalue weighted by molar-refractivity contribution is 0.580. The van der Waals surface area contributed by atoms with Crippen LogP contribution in [0.1, 0.15) is 51.3 Å². The highest BCUT2D eigenvalue weighted by molar-refractivity contribution is 7.99. The largest absolute Gasteiger partial charge is 0.278 e. The predicted octanol–water partition coefficient (Wildman–Crippen LogP) is 18.5. The molecule has 0 radical (unpaired) electrons. The fourth-order valence-electron chi connectivity index (χ4n) is 11.5. The van der Waals surface area contributed by atoms with Gasteiger partial charge in [-0.2, -0.15) is 0 Å². The summed E-state index contributed by atoms with van der Waals surface area (Å²) in [5.74, 6) is 0.924. The summed E-state index contributed by atoms with van der Waals surface area (Å²) in [6.45, 7) is 11.9. The van der Waals surface area contributed by atoms with Crippen LogP contribution < -0.4 is 0 Å². The Morgan fingerprint density at radius 2 is 0.944 bits per heavy atom. The van der Waals surface area contributed by atoms with Crippen LogP contribution in [0.15, 0.2) is 240 Å². The lowest BCUT2D eigenvalue weighted by Gasteiger charge is -2.38. The smallest absolute Gasteiger partial charge is 0.220 e. The molecule has 0 fully saturated rings. The molecule has 0 atom stereocenters. The Kier molecular flexibility index (Phi) is 10.3. The molecule has 0 saturated heterocycles. The molecule has 0 spiro atoms. The summed E-state index contributed by atoms with van der Waals surface area (Å²) < 4.78 is 4.65. The zero-order valence-electron chi connectivity index (χ0n) is 41.2. The van der Waals surface area contributed by atoms with Gasteiger partial charge in [0.15, 0.2) is 0 Å². The minimum absolute atomic E-state index is 0.128. The van der Waals surface area contributed by atoms with E-state index in [1.807, 2.05) is 11.8 Å². The van der Waals surface area contributed by atoms with E-state index >= 15 is 0 Å². The van der Waals surface area contributed by atoms with Crippen LogP contribution >= 0.6 is 11.8 Å². The van der Waals surface area contributed by atoms with Crippen LogP contribution in [0.2, 0.25) is 0 Å². The van der Waals surface area contributed by atoms with Crippen LogP contribution in [0.5, 0.6) is 0 Å². The number of hydrogen-bond donors (Lipinski definition) is 0. The molecule has 0 N–H and O–H groups in total. The van der Waals surface area contributed by atoms with Crippen molar-refractivity contribution in [2.45, 2.75) is 55.2 Å². The molecule has 72 heavy (non-hydrogen) atoms. The van der Waals surface area contributed by atoms with E-state index in [2.05, 4.69) is 274 Å². The van der Waals surface area contributed by atoms with Gasteiger partial charge in [0, 0.05) is 20.9 Å². The van der Waals surface area contributed by atoms with E-state index in [0.29, 0.717) is 0 Å². The molecular weight excluding hydrogens is 891 g/mol. The van der Waals surface area contributed by atoms with Crippen molar-refractivity contribution < 1.29 is 0 Å². The Balaban J connectivity index is 1.02. The zero-order valence-corrected chi connectivity index (χ0v) is 42.0. The molecule has 3 nitrogen and oxygen atoms in total. The maximum Gasteiger partial charge on any atom is 0.220 e. The number of benzene rings is 10. The predicted molar refractivity (Wildman–Crippen MR) is 304 cm³/mol. The quantitative estimate of drug-likeness (QED) is 0.159. The van der Waals surface area contributed by atoms with Gasteiger partial charge in [0.25, 0.3) is 0 Å². The number of aromatic nitrogens is 3. The number of para-hydroxylation sites is 4. The molecule has 0 aliphatic carbocycles. The first kappa shape index (κ1) is 43.8. The van der Waals surface area contributed by atoms with Crippen LogP contribution in [-0.4, -0.2) is 14.0 Å². The standard InChI is InChI=1S/C68H53N3S/c1-67(2,3)53-38-39-54-65(72-60-40-37-50(42-55(60)68(54,4)5)70-58-35-20-21-36-59(58)71-57-34-19-18-33-56(57)69-66(70)71)63(53)49-32-22-31-48(41-49)52-43-51(44-23-10-6-11-24-44)61(45-25-12-7-13-26-45)64(47-29-16-9-17-30-47)62(52)46-27-14-8-15-28-46/h6-43H,1-5H3. The highest BCUT2D eigenvalue weighted by Gasteiger charge is 2.37. The Morgan fingerprint density at radius 3 is 1.58 bits per heavy atom. The molecule has 0 amide bonds. The van der Waals surface area contributed by atoms with Crippen LogP contribution in [0, 0.1) is 0 Å². The highest BCUT2D eigenvalue weighted by atomic mass is 32.2. The van der Waals surface area contributed by atoms with Gasteiger partial charge in [0.05, 0.1) is 22.1 Å². The number of nitrogens with zero attached hydrogens (tertiary/aromatic N) is 3. The van der Waals surface area contributed by atoms with Crippen molar-refractivity contribution >= 4 is 39.6 Å². The van der Waals surface area contributed by atoms with E-state index in [-0.39, 0.29) is 10.8 Å². The number of fused-ring (bicyclic) bond motifs is 7. The maximum absolute atomic E-state index is 5.22. The fraction of sp³-hybridized carbons (Fsp3) is 0.103. The van der Waals surface area contributed by atoms with E-state index in [0.717, 1.165) is 33.5 Å². The fourth-order valence-corrected chi connectivity index (χ4v) is 13.0. The molecule has 3 heterocycles. The summed E-state index contributed by atoms with van der Waals surface area (Å²) >= 11 is 1.92. The third kappa shape index (κ3) is 7.07. The van der Waals surface area contributed by atoms with Crippen molar-refractivity contribution in [2.75, 3.05) is 0 Å². The number of hydrogen-bond acceptors (Lipinski definition) is 2. The van der Waals surface area contributed by atoms with Gasteiger partial charge in [-0.25, -0.2) is 4.98 Å². The minimum atomic E-state index is -0.309. The molecule has 346 valence electrons. The molecule has 0 unspecified atom stereocenters. The minimum Gasteiger partial charge on any atom is -0.278 e. The molecule has 12 aromatic rings. The third-order valence-corrected chi connectivity index (χ3v) is 16.1. The van der Waals surface area contributed by atoms with E-state index < -0.39 is 0 Å². The van der Waals surface area contributed by atoms with Crippen molar-refractivity contribution in [1.82, 2.24) is 14.0 Å². The molecule has 4 heteroatoms. The van der Waals surface area contributed by atoms with E-state index in [1.165, 1.54) is 93.2 Å². The highest BCUT2D eigenvalue weighted by Crippen LogP contribution is 2.56. The van der Waals surface area contributed by atoms with Gasteiger partial charge >= 0.3 is 0 Å². The van der Waals surface area contributed by atoms with E-state index in [1.54, 1.807) is 0 Å².